The summed E-state index contributed by atoms with van der Waals surface area (Å²) >= 11 is 0. The number of nitrogens with zero attached hydrogens (tertiary/aromatic N) is 2. The van der Waals surface area contributed by atoms with Gasteiger partial charge >= 0.3 is 0 Å². The van der Waals surface area contributed by atoms with Gasteiger partial charge in [-0.05, 0) is 44.5 Å². The molecule has 0 fully saturated rings. The Labute approximate surface area is 126 Å². The fourth-order valence-electron chi connectivity index (χ4n) is 2.41. The molecule has 2 rings (SSSR count). The maximum Gasteiger partial charge on any atom is 0.120 e. The Morgan fingerprint density at radius 3 is 2.67 bits per heavy atom. The van der Waals surface area contributed by atoms with Crippen LogP contribution in [0.2, 0.25) is 0 Å². The van der Waals surface area contributed by atoms with Crippen LogP contribution >= 0.6 is 0 Å². The van der Waals surface area contributed by atoms with Gasteiger partial charge in [-0.3, -0.25) is 16.0 Å². The molecule has 3 N–H and O–H groups in total. The zero-order valence-corrected chi connectivity index (χ0v) is 13.1. The van der Waals surface area contributed by atoms with Crippen LogP contribution in [0.25, 0.3) is 0 Å². The summed E-state index contributed by atoms with van der Waals surface area (Å²) in [5, 5.41) is 4.37. The van der Waals surface area contributed by atoms with Gasteiger partial charge in [0.05, 0.1) is 17.8 Å². The molecule has 0 saturated heterocycles. The van der Waals surface area contributed by atoms with Crippen molar-refractivity contribution in [2.45, 2.75) is 39.3 Å². The van der Waals surface area contributed by atoms with Crippen molar-refractivity contribution >= 4 is 0 Å². The Balaban J connectivity index is 2.19. The maximum atomic E-state index is 5.74. The van der Waals surface area contributed by atoms with Crippen molar-refractivity contribution in [1.82, 2.24) is 15.2 Å². The second kappa shape index (κ2) is 6.74. The van der Waals surface area contributed by atoms with Gasteiger partial charge in [-0.2, -0.15) is 5.10 Å². The van der Waals surface area contributed by atoms with E-state index in [2.05, 4.69) is 22.7 Å². The van der Waals surface area contributed by atoms with Crippen molar-refractivity contribution < 1.29 is 4.74 Å². The molecule has 1 aromatic carbocycles. The summed E-state index contributed by atoms with van der Waals surface area (Å²) < 4.78 is 7.64. The maximum absolute atomic E-state index is 5.74. The van der Waals surface area contributed by atoms with Crippen molar-refractivity contribution in [3.05, 3.63) is 47.3 Å². The van der Waals surface area contributed by atoms with Gasteiger partial charge in [0, 0.05) is 19.2 Å². The fraction of sp³-hybridized carbons (Fsp3) is 0.438. The van der Waals surface area contributed by atoms with E-state index in [0.29, 0.717) is 0 Å². The summed E-state index contributed by atoms with van der Waals surface area (Å²) in [5.41, 5.74) is 6.15. The van der Waals surface area contributed by atoms with E-state index in [9.17, 15) is 0 Å². The number of aromatic nitrogens is 2. The van der Waals surface area contributed by atoms with Crippen LogP contribution in [-0.2, 0) is 13.5 Å². The minimum atomic E-state index is 0.0236. The monoisotopic (exact) mass is 288 g/mol. The van der Waals surface area contributed by atoms with Gasteiger partial charge in [-0.1, -0.05) is 12.1 Å². The van der Waals surface area contributed by atoms with Gasteiger partial charge < -0.3 is 4.74 Å². The summed E-state index contributed by atoms with van der Waals surface area (Å²) in [6.07, 6.45) is 0.933. The molecular weight excluding hydrogens is 264 g/mol. The molecule has 1 aromatic heterocycles. The summed E-state index contributed by atoms with van der Waals surface area (Å²) in [6.45, 7) is 6.03. The van der Waals surface area contributed by atoms with Crippen molar-refractivity contribution in [2.75, 3.05) is 0 Å². The molecule has 0 spiro atoms. The van der Waals surface area contributed by atoms with Gasteiger partial charge in [0.15, 0.2) is 0 Å². The largest absolute Gasteiger partial charge is 0.491 e. The third-order valence-corrected chi connectivity index (χ3v) is 3.35. The van der Waals surface area contributed by atoms with E-state index >= 15 is 0 Å². The van der Waals surface area contributed by atoms with E-state index in [-0.39, 0.29) is 12.1 Å². The van der Waals surface area contributed by atoms with Gasteiger partial charge in [0.2, 0.25) is 0 Å². The zero-order valence-electron chi connectivity index (χ0n) is 13.1. The number of ether oxygens (including phenoxy) is 1. The highest BCUT2D eigenvalue weighted by atomic mass is 16.5. The Morgan fingerprint density at radius 1 is 1.33 bits per heavy atom. The molecule has 0 aliphatic carbocycles. The number of benzene rings is 1. The number of hydrazine groups is 1. The quantitative estimate of drug-likeness (QED) is 0.632. The van der Waals surface area contributed by atoms with Crippen molar-refractivity contribution in [3.63, 3.8) is 0 Å². The highest BCUT2D eigenvalue weighted by Crippen LogP contribution is 2.23. The molecule has 5 heteroatoms. The van der Waals surface area contributed by atoms with Crippen molar-refractivity contribution in [2.24, 2.45) is 12.9 Å². The van der Waals surface area contributed by atoms with Gasteiger partial charge in [0.25, 0.3) is 0 Å². The predicted octanol–water partition coefficient (Wildman–Crippen LogP) is 2.26. The van der Waals surface area contributed by atoms with E-state index in [1.54, 1.807) is 0 Å². The second-order valence-corrected chi connectivity index (χ2v) is 5.56. The highest BCUT2D eigenvalue weighted by molar-refractivity contribution is 5.31. The molecule has 0 bridgehead atoms. The lowest BCUT2D eigenvalue weighted by Gasteiger charge is -2.18. The summed E-state index contributed by atoms with van der Waals surface area (Å²) in [4.78, 5) is 0. The SMILES string of the molecule is Cc1cc(CC(NN)c2cccc(OC(C)C)c2)n(C)n1. The van der Waals surface area contributed by atoms with E-state index < -0.39 is 0 Å². The summed E-state index contributed by atoms with van der Waals surface area (Å²) in [7, 11) is 1.95. The number of nitrogens with two attached hydrogens (primary N) is 1. The lowest BCUT2D eigenvalue weighted by atomic mass is 10.0. The van der Waals surface area contributed by atoms with Crippen LogP contribution in [-0.4, -0.2) is 15.9 Å². The lowest BCUT2D eigenvalue weighted by molar-refractivity contribution is 0.242. The van der Waals surface area contributed by atoms with Crippen molar-refractivity contribution in [1.29, 1.82) is 0 Å². The Morgan fingerprint density at radius 2 is 2.10 bits per heavy atom. The molecule has 0 amide bonds. The lowest BCUT2D eigenvalue weighted by Crippen LogP contribution is -2.30. The van der Waals surface area contributed by atoms with Crippen LogP contribution in [0, 0.1) is 6.92 Å². The first-order chi connectivity index (χ1) is 9.99. The first-order valence-corrected chi connectivity index (χ1v) is 7.22. The molecule has 1 atom stereocenters. The molecule has 1 unspecified atom stereocenters. The molecule has 5 nitrogen and oxygen atoms in total. The van der Waals surface area contributed by atoms with Gasteiger partial charge in [-0.15, -0.1) is 0 Å². The van der Waals surface area contributed by atoms with E-state index in [0.717, 1.165) is 29.1 Å². The number of hydrogen-bond donors (Lipinski definition) is 2. The smallest absolute Gasteiger partial charge is 0.120 e. The zero-order chi connectivity index (χ0) is 15.4. The molecule has 0 aliphatic rings. The Kier molecular flexibility index (Phi) is 4.98. The number of hydrogen-bond acceptors (Lipinski definition) is 4. The Bertz CT molecular complexity index is 592. The average Bonchev–Trinajstić information content (AvgIpc) is 2.73. The first-order valence-electron chi connectivity index (χ1n) is 7.22. The average molecular weight is 288 g/mol. The molecule has 114 valence electrons. The summed E-state index contributed by atoms with van der Waals surface area (Å²) in [6, 6.07) is 10.2. The standard InChI is InChI=1S/C16H24N4O/c1-11(2)21-15-7-5-6-13(9-15)16(18-17)10-14-8-12(3)19-20(14)4/h5-9,11,16,18H,10,17H2,1-4H3. The minimum Gasteiger partial charge on any atom is -0.491 e. The minimum absolute atomic E-state index is 0.0236. The van der Waals surface area contributed by atoms with Crippen LogP contribution in [0.3, 0.4) is 0 Å². The van der Waals surface area contributed by atoms with Crippen LogP contribution < -0.4 is 16.0 Å². The van der Waals surface area contributed by atoms with E-state index in [1.165, 1.54) is 0 Å². The normalized spacial score (nSPS) is 12.7. The molecule has 0 aliphatic heterocycles. The van der Waals surface area contributed by atoms with E-state index in [4.69, 9.17) is 10.6 Å². The Hall–Kier alpha value is -1.85. The number of rotatable bonds is 6. The molecular formula is C16H24N4O. The summed E-state index contributed by atoms with van der Waals surface area (Å²) in [5.74, 6) is 6.61. The number of nitrogens with one attached hydrogen (secondary N) is 1. The predicted molar refractivity (Wildman–Crippen MR) is 83.9 cm³/mol. The highest BCUT2D eigenvalue weighted by Gasteiger charge is 2.14. The molecule has 0 saturated carbocycles. The van der Waals surface area contributed by atoms with Crippen molar-refractivity contribution in [3.8, 4) is 5.75 Å². The van der Waals surface area contributed by atoms with E-state index in [1.807, 2.05) is 50.7 Å². The van der Waals surface area contributed by atoms with Crippen LogP contribution in [0.1, 0.15) is 36.8 Å². The molecule has 2 aromatic rings. The first kappa shape index (κ1) is 15.5. The second-order valence-electron chi connectivity index (χ2n) is 5.56. The topological polar surface area (TPSA) is 65.1 Å². The molecule has 0 radical (unpaired) electrons. The van der Waals surface area contributed by atoms with Crippen LogP contribution in [0.4, 0.5) is 0 Å². The molecule has 1 heterocycles. The van der Waals surface area contributed by atoms with Crippen LogP contribution in [0.15, 0.2) is 30.3 Å². The third kappa shape index (κ3) is 4.06. The van der Waals surface area contributed by atoms with Gasteiger partial charge in [0.1, 0.15) is 5.75 Å². The molecule has 21 heavy (non-hydrogen) atoms. The third-order valence-electron chi connectivity index (χ3n) is 3.35. The van der Waals surface area contributed by atoms with Crippen LogP contribution in [0.5, 0.6) is 5.75 Å². The van der Waals surface area contributed by atoms with Gasteiger partial charge in [-0.25, -0.2) is 0 Å². The fourth-order valence-corrected chi connectivity index (χ4v) is 2.41. The number of aryl methyl sites for hydroxylation is 2.